The highest BCUT2D eigenvalue weighted by atomic mass is 35.5. The van der Waals surface area contributed by atoms with Crippen molar-refractivity contribution in [3.05, 3.63) is 28.8 Å². The molecule has 0 heterocycles. The zero-order valence-electron chi connectivity index (χ0n) is 10.7. The van der Waals surface area contributed by atoms with E-state index in [0.717, 1.165) is 7.11 Å². The molecule has 3 N–H and O–H groups in total. The normalized spacial score (nSPS) is 12.6. The SMILES string of the molecule is COC(=O)C(C)S(=O)(=O)Nc1cc(C(N)=S)ccc1Cl. The summed E-state index contributed by atoms with van der Waals surface area (Å²) in [5.74, 6) is -0.876. The molecule has 1 atom stereocenters. The Bertz CT molecular complexity index is 646. The number of carbonyl (C=O) groups is 1. The summed E-state index contributed by atoms with van der Waals surface area (Å²) in [4.78, 5) is 11.4. The molecule has 1 aromatic carbocycles. The molecule has 1 aromatic rings. The number of methoxy groups -OCH3 is 1. The fourth-order valence-corrected chi connectivity index (χ4v) is 2.64. The Hall–Kier alpha value is -1.38. The number of benzene rings is 1. The van der Waals surface area contributed by atoms with Crippen molar-refractivity contribution in [2.24, 2.45) is 5.73 Å². The van der Waals surface area contributed by atoms with Crippen LogP contribution in [0.1, 0.15) is 12.5 Å². The molecule has 0 spiro atoms. The van der Waals surface area contributed by atoms with Crippen LogP contribution in [0.4, 0.5) is 5.69 Å². The van der Waals surface area contributed by atoms with Crippen LogP contribution < -0.4 is 10.5 Å². The monoisotopic (exact) mass is 336 g/mol. The minimum Gasteiger partial charge on any atom is -0.468 e. The molecule has 0 fully saturated rings. The number of carbonyl (C=O) groups excluding carboxylic acids is 1. The van der Waals surface area contributed by atoms with Crippen LogP contribution in [0.25, 0.3) is 0 Å². The number of ether oxygens (including phenoxy) is 1. The van der Waals surface area contributed by atoms with Gasteiger partial charge in [-0.3, -0.25) is 9.52 Å². The van der Waals surface area contributed by atoms with E-state index < -0.39 is 21.2 Å². The van der Waals surface area contributed by atoms with Crippen LogP contribution in [0.5, 0.6) is 0 Å². The van der Waals surface area contributed by atoms with Crippen molar-refractivity contribution >= 4 is 50.5 Å². The highest BCUT2D eigenvalue weighted by molar-refractivity contribution is 7.94. The Labute approximate surface area is 127 Å². The van der Waals surface area contributed by atoms with Crippen LogP contribution in [-0.2, 0) is 19.6 Å². The minimum absolute atomic E-state index is 0.0905. The van der Waals surface area contributed by atoms with Gasteiger partial charge in [0.1, 0.15) is 4.99 Å². The van der Waals surface area contributed by atoms with E-state index in [2.05, 4.69) is 9.46 Å². The van der Waals surface area contributed by atoms with Gasteiger partial charge in [-0.15, -0.1) is 0 Å². The molecule has 0 aromatic heterocycles. The van der Waals surface area contributed by atoms with Crippen LogP contribution in [0, 0.1) is 0 Å². The lowest BCUT2D eigenvalue weighted by Gasteiger charge is -2.14. The van der Waals surface area contributed by atoms with E-state index in [1.807, 2.05) is 0 Å². The van der Waals surface area contributed by atoms with Crippen LogP contribution in [-0.4, -0.2) is 31.7 Å². The minimum atomic E-state index is -3.98. The number of sulfonamides is 1. The summed E-state index contributed by atoms with van der Waals surface area (Å²) in [6, 6.07) is 4.41. The standard InChI is InChI=1S/C11H13ClN2O4S2/c1-6(11(15)18-2)20(16,17)14-9-5-7(10(13)19)3-4-8(9)12/h3-6,14H,1-2H3,(H2,13,19). The molecular weight excluding hydrogens is 324 g/mol. The lowest BCUT2D eigenvalue weighted by molar-refractivity contribution is -0.139. The van der Waals surface area contributed by atoms with Crippen LogP contribution in [0.15, 0.2) is 18.2 Å². The predicted molar refractivity (Wildman–Crippen MR) is 81.4 cm³/mol. The molecule has 1 unspecified atom stereocenters. The van der Waals surface area contributed by atoms with Gasteiger partial charge in [-0.05, 0) is 19.1 Å². The van der Waals surface area contributed by atoms with Gasteiger partial charge in [-0.25, -0.2) is 8.42 Å². The number of esters is 1. The highest BCUT2D eigenvalue weighted by Crippen LogP contribution is 2.25. The fraction of sp³-hybridized carbons (Fsp3) is 0.273. The van der Waals surface area contributed by atoms with Gasteiger partial charge in [0.15, 0.2) is 5.25 Å². The molecule has 0 bridgehead atoms. The maximum Gasteiger partial charge on any atom is 0.325 e. The smallest absolute Gasteiger partial charge is 0.325 e. The summed E-state index contributed by atoms with van der Waals surface area (Å²) in [5.41, 5.74) is 6.01. The predicted octanol–water partition coefficient (Wildman–Crippen LogP) is 1.28. The second-order valence-electron chi connectivity index (χ2n) is 3.87. The number of hydrogen-bond acceptors (Lipinski definition) is 5. The third kappa shape index (κ3) is 3.81. The van der Waals surface area contributed by atoms with Crippen LogP contribution in [0.3, 0.4) is 0 Å². The Kier molecular flexibility index (Phi) is 5.32. The van der Waals surface area contributed by atoms with E-state index in [-0.39, 0.29) is 15.7 Å². The summed E-state index contributed by atoms with van der Waals surface area (Å²) in [6.45, 7) is 1.21. The summed E-state index contributed by atoms with van der Waals surface area (Å²) in [5, 5.41) is -1.22. The van der Waals surface area contributed by atoms with Gasteiger partial charge in [-0.2, -0.15) is 0 Å². The highest BCUT2D eigenvalue weighted by Gasteiger charge is 2.29. The topological polar surface area (TPSA) is 98.5 Å². The van der Waals surface area contributed by atoms with E-state index in [9.17, 15) is 13.2 Å². The number of halogens is 1. The lowest BCUT2D eigenvalue weighted by Crippen LogP contribution is -2.33. The molecule has 1 rings (SSSR count). The number of nitrogens with one attached hydrogen (secondary N) is 1. The van der Waals surface area contributed by atoms with Gasteiger partial charge >= 0.3 is 5.97 Å². The summed E-state index contributed by atoms with van der Waals surface area (Å²) >= 11 is 10.7. The molecule has 6 nitrogen and oxygen atoms in total. The fourth-order valence-electron chi connectivity index (χ4n) is 1.29. The van der Waals surface area contributed by atoms with E-state index in [0.29, 0.717) is 5.56 Å². The molecule has 0 saturated carbocycles. The molecule has 0 amide bonds. The Morgan fingerprint density at radius 2 is 2.10 bits per heavy atom. The second kappa shape index (κ2) is 6.38. The summed E-state index contributed by atoms with van der Waals surface area (Å²) < 4.78 is 30.6. The number of thiocarbonyl (C=S) groups is 1. The molecule has 9 heteroatoms. The Balaban J connectivity index is 3.12. The van der Waals surface area contributed by atoms with Crippen LogP contribution in [0.2, 0.25) is 5.02 Å². The van der Waals surface area contributed by atoms with Crippen molar-refractivity contribution in [2.75, 3.05) is 11.8 Å². The lowest BCUT2D eigenvalue weighted by atomic mass is 10.2. The second-order valence-corrected chi connectivity index (χ2v) is 6.72. The number of rotatable bonds is 5. The Morgan fingerprint density at radius 3 is 2.60 bits per heavy atom. The average molecular weight is 337 g/mol. The van der Waals surface area contributed by atoms with E-state index in [1.54, 1.807) is 6.07 Å². The van der Waals surface area contributed by atoms with Crippen LogP contribution >= 0.6 is 23.8 Å². The van der Waals surface area contributed by atoms with Crippen molar-refractivity contribution in [1.82, 2.24) is 0 Å². The first-order valence-corrected chi connectivity index (χ1v) is 7.71. The Morgan fingerprint density at radius 1 is 1.50 bits per heavy atom. The van der Waals surface area contributed by atoms with E-state index in [4.69, 9.17) is 29.6 Å². The molecular formula is C11H13ClN2O4S2. The molecule has 0 aliphatic carbocycles. The maximum absolute atomic E-state index is 12.0. The van der Waals surface area contributed by atoms with Gasteiger partial charge in [-0.1, -0.05) is 29.9 Å². The molecule has 20 heavy (non-hydrogen) atoms. The average Bonchev–Trinajstić information content (AvgIpc) is 2.38. The first kappa shape index (κ1) is 16.7. The van der Waals surface area contributed by atoms with Gasteiger partial charge in [0.2, 0.25) is 10.0 Å². The third-order valence-corrected chi connectivity index (χ3v) is 4.69. The quantitative estimate of drug-likeness (QED) is 0.620. The first-order valence-electron chi connectivity index (χ1n) is 5.38. The number of nitrogens with two attached hydrogens (primary N) is 1. The van der Waals surface area contributed by atoms with Crippen molar-refractivity contribution in [2.45, 2.75) is 12.2 Å². The first-order chi connectivity index (χ1) is 9.19. The largest absolute Gasteiger partial charge is 0.468 e. The number of hydrogen-bond donors (Lipinski definition) is 2. The summed E-state index contributed by atoms with van der Waals surface area (Å²) in [7, 11) is -2.88. The molecule has 0 saturated heterocycles. The maximum atomic E-state index is 12.0. The molecule has 110 valence electrons. The van der Waals surface area contributed by atoms with Crippen molar-refractivity contribution < 1.29 is 17.9 Å². The third-order valence-electron chi connectivity index (χ3n) is 2.50. The van der Waals surface area contributed by atoms with Crippen molar-refractivity contribution in [1.29, 1.82) is 0 Å². The molecule has 0 aliphatic heterocycles. The van der Waals surface area contributed by atoms with E-state index >= 15 is 0 Å². The summed E-state index contributed by atoms with van der Waals surface area (Å²) in [6.07, 6.45) is 0. The van der Waals surface area contributed by atoms with Crippen molar-refractivity contribution in [3.63, 3.8) is 0 Å². The van der Waals surface area contributed by atoms with Gasteiger partial charge in [0.05, 0.1) is 17.8 Å². The zero-order valence-corrected chi connectivity index (χ0v) is 13.1. The van der Waals surface area contributed by atoms with Crippen molar-refractivity contribution in [3.8, 4) is 0 Å². The van der Waals surface area contributed by atoms with Gasteiger partial charge in [0, 0.05) is 5.56 Å². The van der Waals surface area contributed by atoms with E-state index in [1.165, 1.54) is 19.1 Å². The van der Waals surface area contributed by atoms with Gasteiger partial charge < -0.3 is 10.5 Å². The number of anilines is 1. The molecule has 0 radical (unpaired) electrons. The van der Waals surface area contributed by atoms with Gasteiger partial charge in [0.25, 0.3) is 0 Å². The zero-order chi connectivity index (χ0) is 15.5. The molecule has 0 aliphatic rings.